The highest BCUT2D eigenvalue weighted by molar-refractivity contribution is 6.31. The Morgan fingerprint density at radius 1 is 1.16 bits per heavy atom. The van der Waals surface area contributed by atoms with Crippen LogP contribution in [0, 0.1) is 5.82 Å². The van der Waals surface area contributed by atoms with E-state index in [2.05, 4.69) is 15.6 Å². The van der Waals surface area contributed by atoms with E-state index in [0.29, 0.717) is 21.8 Å². The zero-order valence-corrected chi connectivity index (χ0v) is 13.8. The van der Waals surface area contributed by atoms with Crippen molar-refractivity contribution in [2.45, 2.75) is 0 Å². The number of hydrogen-bond donors (Lipinski definition) is 3. The highest BCUT2D eigenvalue weighted by atomic mass is 35.5. The molecular weight excluding hydrogens is 349 g/mol. The van der Waals surface area contributed by atoms with E-state index in [9.17, 15) is 14.0 Å². The van der Waals surface area contributed by atoms with Gasteiger partial charge in [0, 0.05) is 22.2 Å². The Morgan fingerprint density at radius 3 is 2.72 bits per heavy atom. The Balaban J connectivity index is 1.84. The van der Waals surface area contributed by atoms with Crippen molar-refractivity contribution in [3.05, 3.63) is 63.7 Å². The first-order valence-corrected chi connectivity index (χ1v) is 7.58. The first-order chi connectivity index (χ1) is 12.0. The Hall–Kier alpha value is -3.06. The predicted octanol–water partition coefficient (Wildman–Crippen LogP) is 3.97. The first kappa shape index (κ1) is 16.8. The number of benzene rings is 2. The number of amides is 2. The Kier molecular flexibility index (Phi) is 4.58. The molecule has 6 nitrogen and oxygen atoms in total. The van der Waals surface area contributed by atoms with Gasteiger partial charge in [-0.05, 0) is 36.4 Å². The van der Waals surface area contributed by atoms with E-state index in [1.54, 1.807) is 18.2 Å². The molecule has 3 rings (SSSR count). The summed E-state index contributed by atoms with van der Waals surface area (Å²) in [4.78, 5) is 25.8. The van der Waals surface area contributed by atoms with Crippen molar-refractivity contribution in [2.75, 3.05) is 17.7 Å². The van der Waals surface area contributed by atoms with E-state index < -0.39 is 17.4 Å². The summed E-state index contributed by atoms with van der Waals surface area (Å²) in [7, 11) is 1.46. The largest absolute Gasteiger partial charge is 0.495 e. The lowest BCUT2D eigenvalue weighted by Crippen LogP contribution is -2.20. The number of H-pyrrole nitrogens is 1. The number of methoxy groups -OCH3 is 1. The highest BCUT2D eigenvalue weighted by Gasteiger charge is 2.11. The van der Waals surface area contributed by atoms with Gasteiger partial charge in [0.2, 0.25) is 5.56 Å². The second-order valence-electron chi connectivity index (χ2n) is 5.17. The Morgan fingerprint density at radius 2 is 1.96 bits per heavy atom. The average molecular weight is 362 g/mol. The number of aromatic nitrogens is 1. The number of rotatable bonds is 3. The summed E-state index contributed by atoms with van der Waals surface area (Å²) in [6.45, 7) is 0. The molecular formula is C17H13ClFN3O3. The van der Waals surface area contributed by atoms with Crippen LogP contribution < -0.4 is 20.9 Å². The summed E-state index contributed by atoms with van der Waals surface area (Å²) in [6.07, 6.45) is 0. The molecule has 0 aliphatic heterocycles. The normalized spacial score (nSPS) is 10.5. The lowest BCUT2D eigenvalue weighted by molar-refractivity contribution is 0.262. The zero-order chi connectivity index (χ0) is 18.0. The van der Waals surface area contributed by atoms with Crippen molar-refractivity contribution in [1.82, 2.24) is 4.98 Å². The number of nitrogens with one attached hydrogen (secondary N) is 3. The van der Waals surface area contributed by atoms with Gasteiger partial charge >= 0.3 is 6.03 Å². The summed E-state index contributed by atoms with van der Waals surface area (Å²) >= 11 is 5.91. The summed E-state index contributed by atoms with van der Waals surface area (Å²) in [5.41, 5.74) is 0.279. The first-order valence-electron chi connectivity index (χ1n) is 7.20. The summed E-state index contributed by atoms with van der Waals surface area (Å²) in [6, 6.07) is 9.60. The summed E-state index contributed by atoms with van der Waals surface area (Å²) in [5, 5.41) is 6.00. The SMILES string of the molecule is COc1ccc(Cl)cc1NC(=O)Nc1cc(F)c2[nH]c(=O)ccc2c1. The van der Waals surface area contributed by atoms with Crippen molar-refractivity contribution >= 4 is 39.9 Å². The van der Waals surface area contributed by atoms with Crippen LogP contribution in [0.25, 0.3) is 10.9 Å². The topological polar surface area (TPSA) is 83.2 Å². The third-order valence-electron chi connectivity index (χ3n) is 3.45. The van der Waals surface area contributed by atoms with Crippen molar-refractivity contribution in [1.29, 1.82) is 0 Å². The van der Waals surface area contributed by atoms with Crippen LogP contribution in [-0.4, -0.2) is 18.1 Å². The van der Waals surface area contributed by atoms with E-state index >= 15 is 0 Å². The van der Waals surface area contributed by atoms with Crippen LogP contribution >= 0.6 is 11.6 Å². The van der Waals surface area contributed by atoms with Gasteiger partial charge < -0.3 is 20.4 Å². The molecule has 128 valence electrons. The number of urea groups is 1. The van der Waals surface area contributed by atoms with Gasteiger partial charge in [0.15, 0.2) is 0 Å². The van der Waals surface area contributed by atoms with Crippen molar-refractivity contribution in [2.24, 2.45) is 0 Å². The second kappa shape index (κ2) is 6.82. The molecule has 0 bridgehead atoms. The standard InChI is InChI=1S/C17H13ClFN3O3/c1-25-14-4-3-10(18)7-13(14)21-17(24)20-11-6-9-2-5-15(23)22-16(9)12(19)8-11/h2-8H,1H3,(H,22,23)(H2,20,21,24). The predicted molar refractivity (Wildman–Crippen MR) is 95.2 cm³/mol. The Bertz CT molecular complexity index is 1020. The smallest absolute Gasteiger partial charge is 0.323 e. The van der Waals surface area contributed by atoms with Crippen LogP contribution in [0.4, 0.5) is 20.6 Å². The number of carbonyl (C=O) groups excluding carboxylic acids is 1. The number of anilines is 2. The molecule has 0 spiro atoms. The van der Waals surface area contributed by atoms with Crippen molar-refractivity contribution in [3.8, 4) is 5.75 Å². The maximum absolute atomic E-state index is 14.1. The molecule has 0 atom stereocenters. The van der Waals surface area contributed by atoms with E-state index in [-0.39, 0.29) is 11.2 Å². The zero-order valence-electron chi connectivity index (χ0n) is 13.0. The third kappa shape index (κ3) is 3.72. The van der Waals surface area contributed by atoms with Gasteiger partial charge in [-0.1, -0.05) is 11.6 Å². The van der Waals surface area contributed by atoms with Gasteiger partial charge in [0.05, 0.1) is 18.3 Å². The van der Waals surface area contributed by atoms with E-state index in [0.717, 1.165) is 6.07 Å². The molecule has 0 saturated carbocycles. The molecule has 0 saturated heterocycles. The summed E-state index contributed by atoms with van der Waals surface area (Å²) < 4.78 is 19.2. The molecule has 3 N–H and O–H groups in total. The number of carbonyl (C=O) groups is 1. The van der Waals surface area contributed by atoms with Gasteiger partial charge in [-0.2, -0.15) is 0 Å². The van der Waals surface area contributed by atoms with Gasteiger partial charge in [-0.25, -0.2) is 9.18 Å². The maximum Gasteiger partial charge on any atom is 0.323 e. The quantitative estimate of drug-likeness (QED) is 0.660. The van der Waals surface area contributed by atoms with Crippen LogP contribution in [0.15, 0.2) is 47.3 Å². The molecule has 0 unspecified atom stereocenters. The number of halogens is 2. The Labute approximate surface area is 146 Å². The molecule has 25 heavy (non-hydrogen) atoms. The molecule has 8 heteroatoms. The molecule has 0 fully saturated rings. The number of hydrogen-bond acceptors (Lipinski definition) is 3. The number of fused-ring (bicyclic) bond motifs is 1. The highest BCUT2D eigenvalue weighted by Crippen LogP contribution is 2.28. The van der Waals surface area contributed by atoms with Gasteiger partial charge in [0.1, 0.15) is 11.6 Å². The van der Waals surface area contributed by atoms with Crippen LogP contribution in [0.5, 0.6) is 5.75 Å². The molecule has 0 aliphatic rings. The molecule has 1 heterocycles. The van der Waals surface area contributed by atoms with Crippen LogP contribution in [0.3, 0.4) is 0 Å². The lowest BCUT2D eigenvalue weighted by Gasteiger charge is -2.12. The fourth-order valence-corrected chi connectivity index (χ4v) is 2.53. The molecule has 0 aliphatic carbocycles. The molecule has 2 amide bonds. The van der Waals surface area contributed by atoms with E-state index in [1.807, 2.05) is 0 Å². The van der Waals surface area contributed by atoms with Gasteiger partial charge in [-0.3, -0.25) is 4.79 Å². The minimum Gasteiger partial charge on any atom is -0.495 e. The van der Waals surface area contributed by atoms with Crippen molar-refractivity contribution < 1.29 is 13.9 Å². The van der Waals surface area contributed by atoms with Crippen molar-refractivity contribution in [3.63, 3.8) is 0 Å². The monoisotopic (exact) mass is 361 g/mol. The van der Waals surface area contributed by atoms with E-state index in [1.165, 1.54) is 25.3 Å². The molecule has 0 radical (unpaired) electrons. The summed E-state index contributed by atoms with van der Waals surface area (Å²) in [5.74, 6) is -0.215. The minimum absolute atomic E-state index is 0.0787. The number of pyridine rings is 1. The van der Waals surface area contributed by atoms with Crippen LogP contribution in [0.2, 0.25) is 5.02 Å². The maximum atomic E-state index is 14.1. The third-order valence-corrected chi connectivity index (χ3v) is 3.69. The fraction of sp³-hybridized carbons (Fsp3) is 0.0588. The molecule has 3 aromatic rings. The number of aromatic amines is 1. The fourth-order valence-electron chi connectivity index (χ4n) is 2.36. The number of ether oxygens (including phenoxy) is 1. The van der Waals surface area contributed by atoms with Gasteiger partial charge in [-0.15, -0.1) is 0 Å². The molecule has 2 aromatic carbocycles. The van der Waals surface area contributed by atoms with Crippen LogP contribution in [-0.2, 0) is 0 Å². The average Bonchev–Trinajstić information content (AvgIpc) is 2.56. The van der Waals surface area contributed by atoms with Gasteiger partial charge in [0.25, 0.3) is 0 Å². The lowest BCUT2D eigenvalue weighted by atomic mass is 10.2. The minimum atomic E-state index is -0.647. The van der Waals surface area contributed by atoms with Crippen LogP contribution in [0.1, 0.15) is 0 Å². The second-order valence-corrected chi connectivity index (χ2v) is 5.61. The molecule has 1 aromatic heterocycles. The van der Waals surface area contributed by atoms with E-state index in [4.69, 9.17) is 16.3 Å².